The molecule has 0 aromatic heterocycles. The number of hydrogen-bond acceptors (Lipinski definition) is 7. The highest BCUT2D eigenvalue weighted by atomic mass is 16.6. The summed E-state index contributed by atoms with van der Waals surface area (Å²) >= 11 is 0. The lowest BCUT2D eigenvalue weighted by Crippen LogP contribution is -2.55. The average molecular weight is 516 g/mol. The highest BCUT2D eigenvalue weighted by Gasteiger charge is 2.30. The van der Waals surface area contributed by atoms with Crippen molar-refractivity contribution in [3.05, 3.63) is 65.7 Å². The number of ether oxygens (including phenoxy) is 3. The lowest BCUT2D eigenvalue weighted by molar-refractivity contribution is -0.00568. The first-order valence-corrected chi connectivity index (χ1v) is 12.3. The number of carbonyl (C=O) groups is 2. The van der Waals surface area contributed by atoms with Crippen LogP contribution in [0.25, 0.3) is 0 Å². The number of hydrogen-bond donors (Lipinski definition) is 3. The fraction of sp³-hybridized carbons (Fsp3) is 0.500. The summed E-state index contributed by atoms with van der Waals surface area (Å²) in [6.45, 7) is 10.8. The lowest BCUT2D eigenvalue weighted by atomic mass is 10.0. The number of rotatable bonds is 10. The van der Waals surface area contributed by atoms with Crippen LogP contribution in [0.4, 0.5) is 9.59 Å². The van der Waals surface area contributed by atoms with Crippen LogP contribution in [-0.4, -0.2) is 59.3 Å². The smallest absolute Gasteiger partial charge is 0.424 e. The normalized spacial score (nSPS) is 13.3. The molecule has 0 heterocycles. The number of amides is 2. The van der Waals surface area contributed by atoms with E-state index in [1.807, 2.05) is 54.6 Å². The zero-order chi connectivity index (χ0) is 27.6. The van der Waals surface area contributed by atoms with Crippen LogP contribution >= 0.6 is 0 Å². The molecule has 2 atom stereocenters. The summed E-state index contributed by atoms with van der Waals surface area (Å²) in [6, 6.07) is 16.1. The maximum absolute atomic E-state index is 13.0. The Balaban J connectivity index is 2.21. The molecular formula is C28H41N3O6. The van der Waals surface area contributed by atoms with Crippen LogP contribution in [0.1, 0.15) is 52.7 Å². The second-order valence-electron chi connectivity index (χ2n) is 10.8. The summed E-state index contributed by atoms with van der Waals surface area (Å²) in [4.78, 5) is 25.6. The SMILES string of the molecule is COc1ccc(CNN(C[C@H](O)[C@H](Cc2ccccc2)NC(=O)OC(C)(C)C)C(=O)OC(C)(C)C)cc1. The molecule has 2 amide bonds. The van der Waals surface area contributed by atoms with Gasteiger partial charge in [0.2, 0.25) is 0 Å². The van der Waals surface area contributed by atoms with E-state index in [1.165, 1.54) is 5.01 Å². The third-order valence-corrected chi connectivity index (χ3v) is 5.08. The molecule has 9 nitrogen and oxygen atoms in total. The van der Waals surface area contributed by atoms with Crippen molar-refractivity contribution >= 4 is 12.2 Å². The predicted octanol–water partition coefficient (Wildman–Crippen LogP) is 4.43. The summed E-state index contributed by atoms with van der Waals surface area (Å²) in [5.41, 5.74) is 3.43. The number of nitrogens with zero attached hydrogens (tertiary/aromatic N) is 1. The van der Waals surface area contributed by atoms with Gasteiger partial charge in [-0.15, -0.1) is 0 Å². The summed E-state index contributed by atoms with van der Waals surface area (Å²) in [5.74, 6) is 0.722. The molecule has 0 aliphatic carbocycles. The Bertz CT molecular complexity index is 984. The van der Waals surface area contributed by atoms with Crippen LogP contribution in [-0.2, 0) is 22.4 Å². The molecule has 0 saturated heterocycles. The molecule has 204 valence electrons. The van der Waals surface area contributed by atoms with Gasteiger partial charge in [0.1, 0.15) is 17.0 Å². The van der Waals surface area contributed by atoms with Gasteiger partial charge in [-0.1, -0.05) is 42.5 Å². The van der Waals surface area contributed by atoms with Gasteiger partial charge in [0, 0.05) is 6.54 Å². The molecule has 0 aliphatic heterocycles. The maximum Gasteiger partial charge on any atom is 0.424 e. The summed E-state index contributed by atoms with van der Waals surface area (Å²) in [5, 5.41) is 15.2. The fourth-order valence-corrected chi connectivity index (χ4v) is 3.38. The van der Waals surface area contributed by atoms with Crippen LogP contribution in [0.2, 0.25) is 0 Å². The van der Waals surface area contributed by atoms with Gasteiger partial charge in [-0.05, 0) is 71.2 Å². The van der Waals surface area contributed by atoms with E-state index in [9.17, 15) is 14.7 Å². The summed E-state index contributed by atoms with van der Waals surface area (Å²) in [7, 11) is 1.59. The van der Waals surface area contributed by atoms with E-state index in [0.29, 0.717) is 13.0 Å². The Morgan fingerprint density at radius 2 is 1.49 bits per heavy atom. The van der Waals surface area contributed by atoms with E-state index in [2.05, 4.69) is 10.7 Å². The molecule has 3 N–H and O–H groups in total. The first-order valence-electron chi connectivity index (χ1n) is 12.3. The van der Waals surface area contributed by atoms with Gasteiger partial charge in [-0.25, -0.2) is 20.0 Å². The van der Waals surface area contributed by atoms with Crippen LogP contribution in [0.3, 0.4) is 0 Å². The summed E-state index contributed by atoms with van der Waals surface area (Å²) < 4.78 is 16.2. The zero-order valence-electron chi connectivity index (χ0n) is 22.9. The molecular weight excluding hydrogens is 474 g/mol. The maximum atomic E-state index is 13.0. The number of methoxy groups -OCH3 is 1. The minimum atomic E-state index is -1.14. The van der Waals surface area contributed by atoms with Crippen molar-refractivity contribution in [2.24, 2.45) is 0 Å². The fourth-order valence-electron chi connectivity index (χ4n) is 3.38. The first-order chi connectivity index (χ1) is 17.3. The van der Waals surface area contributed by atoms with Gasteiger partial charge >= 0.3 is 12.2 Å². The first kappa shape index (κ1) is 29.9. The van der Waals surface area contributed by atoms with E-state index >= 15 is 0 Å². The number of hydrazine groups is 1. The van der Waals surface area contributed by atoms with Crippen molar-refractivity contribution in [3.63, 3.8) is 0 Å². The molecule has 0 unspecified atom stereocenters. The van der Waals surface area contributed by atoms with Crippen molar-refractivity contribution in [1.29, 1.82) is 0 Å². The summed E-state index contributed by atoms with van der Waals surface area (Å²) in [6.07, 6.45) is -2.09. The van der Waals surface area contributed by atoms with Crippen LogP contribution in [0.5, 0.6) is 5.75 Å². The Morgan fingerprint density at radius 1 is 0.892 bits per heavy atom. The molecule has 2 rings (SSSR count). The van der Waals surface area contributed by atoms with Gasteiger partial charge in [0.25, 0.3) is 0 Å². The Labute approximate surface area is 220 Å². The Kier molecular flexibility index (Phi) is 10.8. The molecule has 0 radical (unpaired) electrons. The molecule has 0 spiro atoms. The number of carbonyl (C=O) groups excluding carboxylic acids is 2. The minimum absolute atomic E-state index is 0.141. The highest BCUT2D eigenvalue weighted by molar-refractivity contribution is 5.69. The van der Waals surface area contributed by atoms with Gasteiger partial charge < -0.3 is 24.6 Å². The topological polar surface area (TPSA) is 109 Å². The Hall–Kier alpha value is -3.30. The number of benzene rings is 2. The Morgan fingerprint density at radius 3 is 2.03 bits per heavy atom. The highest BCUT2D eigenvalue weighted by Crippen LogP contribution is 2.15. The minimum Gasteiger partial charge on any atom is -0.497 e. The molecule has 37 heavy (non-hydrogen) atoms. The standard InChI is InChI=1S/C28H41N3O6/c1-27(2,3)36-25(33)30-23(17-20-11-9-8-10-12-20)24(32)19-31(26(34)37-28(4,5)6)29-18-21-13-15-22(35-7)16-14-21/h8-16,23-24,29,32H,17-19H2,1-7H3,(H,30,33)/t23-,24-/m0/s1. The van der Waals surface area contributed by atoms with E-state index in [1.54, 1.807) is 48.7 Å². The van der Waals surface area contributed by atoms with Crippen molar-refractivity contribution in [2.75, 3.05) is 13.7 Å². The quantitative estimate of drug-likeness (QED) is 0.402. The van der Waals surface area contributed by atoms with Crippen LogP contribution in [0.15, 0.2) is 54.6 Å². The van der Waals surface area contributed by atoms with Gasteiger partial charge in [0.15, 0.2) is 0 Å². The number of alkyl carbamates (subject to hydrolysis) is 1. The van der Waals surface area contributed by atoms with Crippen molar-refractivity contribution < 1.29 is 28.9 Å². The van der Waals surface area contributed by atoms with Gasteiger partial charge in [-0.2, -0.15) is 0 Å². The van der Waals surface area contributed by atoms with Crippen LogP contribution < -0.4 is 15.5 Å². The van der Waals surface area contributed by atoms with E-state index < -0.39 is 35.5 Å². The molecule has 2 aromatic carbocycles. The molecule has 9 heteroatoms. The zero-order valence-corrected chi connectivity index (χ0v) is 22.9. The van der Waals surface area contributed by atoms with Gasteiger partial charge in [-0.3, -0.25) is 0 Å². The molecule has 2 aromatic rings. The van der Waals surface area contributed by atoms with E-state index in [0.717, 1.165) is 16.9 Å². The van der Waals surface area contributed by atoms with E-state index in [-0.39, 0.29) is 6.54 Å². The van der Waals surface area contributed by atoms with Crippen LogP contribution in [0, 0.1) is 0 Å². The molecule has 0 fully saturated rings. The second-order valence-corrected chi connectivity index (χ2v) is 10.8. The predicted molar refractivity (Wildman–Crippen MR) is 142 cm³/mol. The number of nitrogens with one attached hydrogen (secondary N) is 2. The largest absolute Gasteiger partial charge is 0.497 e. The lowest BCUT2D eigenvalue weighted by Gasteiger charge is -2.32. The van der Waals surface area contributed by atoms with Crippen molar-refractivity contribution in [1.82, 2.24) is 15.8 Å². The second kappa shape index (κ2) is 13.3. The average Bonchev–Trinajstić information content (AvgIpc) is 2.79. The third-order valence-electron chi connectivity index (χ3n) is 5.08. The third kappa shape index (κ3) is 11.5. The van der Waals surface area contributed by atoms with Crippen molar-refractivity contribution in [2.45, 2.75) is 77.9 Å². The monoisotopic (exact) mass is 515 g/mol. The van der Waals surface area contributed by atoms with E-state index in [4.69, 9.17) is 14.2 Å². The molecule has 0 saturated carbocycles. The molecule has 0 aliphatic rings. The van der Waals surface area contributed by atoms with Gasteiger partial charge in [0.05, 0.1) is 25.8 Å². The van der Waals surface area contributed by atoms with Crippen molar-refractivity contribution in [3.8, 4) is 5.75 Å². The number of aliphatic hydroxyl groups excluding tert-OH is 1. The number of aliphatic hydroxyl groups is 1. The molecule has 0 bridgehead atoms.